The lowest BCUT2D eigenvalue weighted by Gasteiger charge is -2.42. The van der Waals surface area contributed by atoms with Gasteiger partial charge in [-0.15, -0.1) is 11.8 Å². The Hall–Kier alpha value is -2.71. The molecule has 40 heavy (non-hydrogen) atoms. The maximum Gasteiger partial charge on any atom is 0.156 e. The lowest BCUT2D eigenvalue weighted by Crippen LogP contribution is -2.52. The molecule has 0 spiro atoms. The molecule has 0 saturated heterocycles. The molecule has 2 atom stereocenters. The quantitative estimate of drug-likeness (QED) is 0.214. The molecular weight excluding hydrogens is 539 g/mol. The van der Waals surface area contributed by atoms with Crippen LogP contribution in [0.15, 0.2) is 83.9 Å². The van der Waals surface area contributed by atoms with Gasteiger partial charge in [-0.1, -0.05) is 42.5 Å². The Kier molecular flexibility index (Phi) is 8.27. The number of fused-ring (bicyclic) bond motifs is 1. The first kappa shape index (κ1) is 30.3. The van der Waals surface area contributed by atoms with E-state index in [0.717, 1.165) is 38.1 Å². The highest BCUT2D eigenvalue weighted by atomic mass is 32.2. The van der Waals surface area contributed by atoms with E-state index in [1.165, 1.54) is 6.26 Å². The summed E-state index contributed by atoms with van der Waals surface area (Å²) in [6, 6.07) is 23.8. The topological polar surface area (TPSA) is 87.5 Å². The Labute approximate surface area is 242 Å². The molecule has 7 heteroatoms. The van der Waals surface area contributed by atoms with E-state index in [9.17, 15) is 18.6 Å². The van der Waals surface area contributed by atoms with Crippen molar-refractivity contribution in [2.45, 2.75) is 67.8 Å². The molecule has 0 amide bonds. The molecule has 2 N–H and O–H groups in total. The van der Waals surface area contributed by atoms with Gasteiger partial charge in [-0.2, -0.15) is 0 Å². The van der Waals surface area contributed by atoms with Gasteiger partial charge in [-0.05, 0) is 99.9 Å². The summed E-state index contributed by atoms with van der Waals surface area (Å²) in [5, 5.41) is 23.5. The van der Waals surface area contributed by atoms with Crippen LogP contribution >= 0.6 is 11.8 Å². The van der Waals surface area contributed by atoms with Crippen LogP contribution in [0.2, 0.25) is 0 Å². The molecule has 0 fully saturated rings. The second-order valence-electron chi connectivity index (χ2n) is 11.8. The molecule has 0 aliphatic carbocycles. The van der Waals surface area contributed by atoms with Crippen molar-refractivity contribution in [1.82, 2.24) is 4.98 Å². The summed E-state index contributed by atoms with van der Waals surface area (Å²) in [6.45, 7) is 8.43. The van der Waals surface area contributed by atoms with Crippen LogP contribution in [0.5, 0.6) is 0 Å². The monoisotopic (exact) mass is 577 g/mol. The van der Waals surface area contributed by atoms with Gasteiger partial charge in [0.05, 0.1) is 21.5 Å². The van der Waals surface area contributed by atoms with Gasteiger partial charge < -0.3 is 10.2 Å². The minimum atomic E-state index is -3.39. The zero-order valence-electron chi connectivity index (χ0n) is 24.3. The fourth-order valence-corrected chi connectivity index (χ4v) is 5.93. The third kappa shape index (κ3) is 5.84. The number of pyridine rings is 1. The highest BCUT2D eigenvalue weighted by Crippen LogP contribution is 2.41. The predicted octanol–water partition coefficient (Wildman–Crippen LogP) is 6.75. The van der Waals surface area contributed by atoms with Gasteiger partial charge in [0.1, 0.15) is 0 Å². The largest absolute Gasteiger partial charge is 0.387 e. The molecular formula is C33H39NO4S2. The third-order valence-corrected chi connectivity index (χ3v) is 11.3. The van der Waals surface area contributed by atoms with Crippen LogP contribution in [0, 0.1) is 0 Å². The van der Waals surface area contributed by atoms with E-state index in [1.54, 1.807) is 52.6 Å². The molecule has 3 aromatic carbocycles. The number of aliphatic hydroxyl groups is 2. The second kappa shape index (κ2) is 10.9. The Morgan fingerprint density at radius 3 is 2.17 bits per heavy atom. The van der Waals surface area contributed by atoms with E-state index in [2.05, 4.69) is 11.1 Å². The Balaban J connectivity index is 1.84. The smallest absolute Gasteiger partial charge is 0.156 e. The molecule has 0 radical (unpaired) electrons. The SMILES string of the molecule is CSc1ccc(C(Cc2cccc(-c3cc(C(C)(C)S(C)(=O)=O)cc4cccnc34)c2)C(C)(O)C(C)(C)O)cc1. The molecule has 4 rings (SSSR count). The van der Waals surface area contributed by atoms with Crippen molar-refractivity contribution < 1.29 is 18.6 Å². The van der Waals surface area contributed by atoms with Gasteiger partial charge in [0.2, 0.25) is 0 Å². The van der Waals surface area contributed by atoms with Crippen molar-refractivity contribution in [1.29, 1.82) is 0 Å². The molecule has 1 aromatic heterocycles. The molecule has 2 unspecified atom stereocenters. The number of benzene rings is 3. The fraction of sp³-hybridized carbons (Fsp3) is 0.364. The average Bonchev–Trinajstić information content (AvgIpc) is 2.90. The molecule has 1 heterocycles. The lowest BCUT2D eigenvalue weighted by molar-refractivity contribution is -0.134. The van der Waals surface area contributed by atoms with Crippen LogP contribution in [-0.4, -0.2) is 47.3 Å². The Morgan fingerprint density at radius 1 is 0.900 bits per heavy atom. The van der Waals surface area contributed by atoms with Crippen molar-refractivity contribution in [2.24, 2.45) is 0 Å². The summed E-state index contributed by atoms with van der Waals surface area (Å²) in [4.78, 5) is 5.77. The van der Waals surface area contributed by atoms with Crippen molar-refractivity contribution in [2.75, 3.05) is 12.5 Å². The maximum absolute atomic E-state index is 12.7. The normalized spacial score (nSPS) is 15.1. The first-order valence-corrected chi connectivity index (χ1v) is 16.4. The first-order chi connectivity index (χ1) is 18.6. The van der Waals surface area contributed by atoms with Gasteiger partial charge in [-0.3, -0.25) is 4.98 Å². The van der Waals surface area contributed by atoms with Crippen molar-refractivity contribution in [3.63, 3.8) is 0 Å². The van der Waals surface area contributed by atoms with E-state index in [-0.39, 0.29) is 5.92 Å². The fourth-order valence-electron chi connectivity index (χ4n) is 4.98. The zero-order chi connectivity index (χ0) is 29.5. The number of hydrogen-bond acceptors (Lipinski definition) is 6. The number of aromatic nitrogens is 1. The second-order valence-corrected chi connectivity index (χ2v) is 15.3. The molecule has 0 aliphatic heterocycles. The predicted molar refractivity (Wildman–Crippen MR) is 167 cm³/mol. The Bertz CT molecular complexity index is 1620. The van der Waals surface area contributed by atoms with Crippen molar-refractivity contribution in [3.8, 4) is 11.1 Å². The summed E-state index contributed by atoms with van der Waals surface area (Å²) in [7, 11) is -3.39. The maximum atomic E-state index is 12.7. The van der Waals surface area contributed by atoms with Crippen molar-refractivity contribution >= 4 is 32.5 Å². The number of hydrogen-bond donors (Lipinski definition) is 2. The van der Waals surface area contributed by atoms with Crippen LogP contribution in [0.1, 0.15) is 57.2 Å². The molecule has 212 valence electrons. The summed E-state index contributed by atoms with van der Waals surface area (Å²) < 4.78 is 24.3. The van der Waals surface area contributed by atoms with Gasteiger partial charge in [0.25, 0.3) is 0 Å². The van der Waals surface area contributed by atoms with E-state index in [1.807, 2.05) is 73.0 Å². The van der Waals surface area contributed by atoms with Crippen LogP contribution in [0.3, 0.4) is 0 Å². The van der Waals surface area contributed by atoms with Gasteiger partial charge in [-0.25, -0.2) is 8.42 Å². The summed E-state index contributed by atoms with van der Waals surface area (Å²) in [6.07, 6.45) is 5.52. The van der Waals surface area contributed by atoms with Crippen LogP contribution < -0.4 is 0 Å². The number of thioether (sulfide) groups is 1. The first-order valence-electron chi connectivity index (χ1n) is 13.3. The molecule has 4 aromatic rings. The van der Waals surface area contributed by atoms with E-state index >= 15 is 0 Å². The average molecular weight is 578 g/mol. The number of rotatable bonds is 9. The third-order valence-electron chi connectivity index (χ3n) is 8.44. The standard InChI is InChI=1S/C33H39NO4S2/c1-31(2,40(7,37)38)26-20-25-12-9-17-34-30(25)28(21-26)24-11-8-10-22(18-24)19-29(33(5,36)32(3,4)35)23-13-15-27(39-6)16-14-23/h8-18,20-21,29,35-36H,19H2,1-7H3. The molecule has 0 saturated carbocycles. The summed E-state index contributed by atoms with van der Waals surface area (Å²) in [5.74, 6) is -0.385. The number of sulfone groups is 1. The minimum Gasteiger partial charge on any atom is -0.387 e. The molecule has 0 bridgehead atoms. The van der Waals surface area contributed by atoms with Crippen LogP contribution in [-0.2, 0) is 21.0 Å². The van der Waals surface area contributed by atoms with Crippen molar-refractivity contribution in [3.05, 3.63) is 95.7 Å². The van der Waals surface area contributed by atoms with Crippen LogP contribution in [0.25, 0.3) is 22.0 Å². The van der Waals surface area contributed by atoms with Gasteiger partial charge >= 0.3 is 0 Å². The van der Waals surface area contributed by atoms with Gasteiger partial charge in [0.15, 0.2) is 9.84 Å². The van der Waals surface area contributed by atoms with E-state index in [4.69, 9.17) is 0 Å². The molecule has 0 aliphatic rings. The lowest BCUT2D eigenvalue weighted by atomic mass is 9.71. The van der Waals surface area contributed by atoms with E-state index < -0.39 is 25.8 Å². The minimum absolute atomic E-state index is 0.385. The summed E-state index contributed by atoms with van der Waals surface area (Å²) >= 11 is 1.66. The summed E-state index contributed by atoms with van der Waals surface area (Å²) in [5.41, 5.74) is 2.41. The zero-order valence-corrected chi connectivity index (χ0v) is 25.9. The van der Waals surface area contributed by atoms with Gasteiger partial charge in [0, 0.05) is 34.2 Å². The van der Waals surface area contributed by atoms with E-state index in [0.29, 0.717) is 12.0 Å². The van der Waals surface area contributed by atoms with Crippen LogP contribution in [0.4, 0.5) is 0 Å². The Morgan fingerprint density at radius 2 is 1.57 bits per heavy atom. The molecule has 5 nitrogen and oxygen atoms in total. The number of nitrogens with zero attached hydrogens (tertiary/aromatic N) is 1. The highest BCUT2D eigenvalue weighted by molar-refractivity contribution is 7.98. The highest BCUT2D eigenvalue weighted by Gasteiger charge is 2.45.